The average molecular weight is 170 g/mol. The minimum atomic E-state index is 0.0221. The molecule has 0 unspecified atom stereocenters. The lowest BCUT2D eigenvalue weighted by Gasteiger charge is -2.37. The van der Waals surface area contributed by atoms with Crippen molar-refractivity contribution in [1.82, 2.24) is 10.2 Å². The largest absolute Gasteiger partial charge is 0.356 e. The second-order valence-electron chi connectivity index (χ2n) is 3.02. The van der Waals surface area contributed by atoms with Crippen molar-refractivity contribution in [2.75, 3.05) is 19.6 Å². The van der Waals surface area contributed by atoms with E-state index in [0.29, 0.717) is 19.6 Å². The van der Waals surface area contributed by atoms with Crippen LogP contribution in [-0.2, 0) is 9.59 Å². The summed E-state index contributed by atoms with van der Waals surface area (Å²) in [5.41, 5.74) is 0. The van der Waals surface area contributed by atoms with E-state index in [0.717, 1.165) is 0 Å². The molecule has 0 aromatic carbocycles. The van der Waals surface area contributed by atoms with Crippen molar-refractivity contribution >= 4 is 11.8 Å². The Bertz CT molecular complexity index is 197. The van der Waals surface area contributed by atoms with E-state index in [1.165, 1.54) is 6.92 Å². The molecule has 0 aromatic rings. The fourth-order valence-corrected chi connectivity index (χ4v) is 1.22. The van der Waals surface area contributed by atoms with Gasteiger partial charge in [0, 0.05) is 26.6 Å². The Morgan fingerprint density at radius 2 is 2.08 bits per heavy atom. The third kappa shape index (κ3) is 1.75. The molecular weight excluding hydrogens is 156 g/mol. The highest BCUT2D eigenvalue weighted by Gasteiger charge is 2.33. The normalized spacial score (nSPS) is 17.0. The number of carbonyl (C=O) groups excluding carboxylic acids is 2. The Morgan fingerprint density at radius 1 is 1.50 bits per heavy atom. The minimum absolute atomic E-state index is 0.0221. The molecule has 0 bridgehead atoms. The molecule has 1 saturated heterocycles. The summed E-state index contributed by atoms with van der Waals surface area (Å²) in [5.74, 6) is 0.138. The molecule has 0 aliphatic carbocycles. The van der Waals surface area contributed by atoms with E-state index in [9.17, 15) is 9.59 Å². The smallest absolute Gasteiger partial charge is 0.226 e. The van der Waals surface area contributed by atoms with Crippen LogP contribution in [0.4, 0.5) is 0 Å². The molecule has 0 aromatic heterocycles. The SMILES string of the molecule is CCNC(=O)C1CN(C(C)=O)C1. The van der Waals surface area contributed by atoms with Crippen LogP contribution < -0.4 is 5.32 Å². The zero-order valence-corrected chi connectivity index (χ0v) is 7.46. The van der Waals surface area contributed by atoms with Crippen molar-refractivity contribution in [2.24, 2.45) is 5.92 Å². The topological polar surface area (TPSA) is 49.4 Å². The molecule has 2 amide bonds. The van der Waals surface area contributed by atoms with Crippen LogP contribution in [0.15, 0.2) is 0 Å². The summed E-state index contributed by atoms with van der Waals surface area (Å²) < 4.78 is 0. The van der Waals surface area contributed by atoms with E-state index in [2.05, 4.69) is 5.32 Å². The fraction of sp³-hybridized carbons (Fsp3) is 0.750. The average Bonchev–Trinajstić information content (AvgIpc) is 1.82. The molecule has 1 aliphatic rings. The van der Waals surface area contributed by atoms with Gasteiger partial charge in [-0.1, -0.05) is 0 Å². The standard InChI is InChI=1S/C8H14N2O2/c1-3-9-8(12)7-4-10(5-7)6(2)11/h7H,3-5H2,1-2H3,(H,9,12). The number of hydrogen-bond acceptors (Lipinski definition) is 2. The van der Waals surface area contributed by atoms with Gasteiger partial charge in [0.05, 0.1) is 5.92 Å². The first-order chi connectivity index (χ1) is 5.65. The lowest BCUT2D eigenvalue weighted by atomic mass is 9.99. The zero-order valence-electron chi connectivity index (χ0n) is 7.46. The Morgan fingerprint density at radius 3 is 2.50 bits per heavy atom. The van der Waals surface area contributed by atoms with E-state index in [4.69, 9.17) is 0 Å². The van der Waals surface area contributed by atoms with Gasteiger partial charge >= 0.3 is 0 Å². The van der Waals surface area contributed by atoms with Gasteiger partial charge in [0.1, 0.15) is 0 Å². The van der Waals surface area contributed by atoms with Crippen LogP contribution in [-0.4, -0.2) is 36.3 Å². The molecule has 0 atom stereocenters. The molecule has 1 aliphatic heterocycles. The summed E-state index contributed by atoms with van der Waals surface area (Å²) in [6, 6.07) is 0. The van der Waals surface area contributed by atoms with Crippen molar-refractivity contribution in [1.29, 1.82) is 0 Å². The first-order valence-electron chi connectivity index (χ1n) is 4.18. The molecule has 0 saturated carbocycles. The number of likely N-dealkylation sites (tertiary alicyclic amines) is 1. The maximum atomic E-state index is 11.1. The van der Waals surface area contributed by atoms with Crippen LogP contribution in [0.1, 0.15) is 13.8 Å². The van der Waals surface area contributed by atoms with Gasteiger partial charge in [-0.05, 0) is 6.92 Å². The van der Waals surface area contributed by atoms with E-state index in [1.54, 1.807) is 4.90 Å². The van der Waals surface area contributed by atoms with Gasteiger partial charge in [-0.3, -0.25) is 9.59 Å². The van der Waals surface area contributed by atoms with E-state index in [1.807, 2.05) is 6.92 Å². The van der Waals surface area contributed by atoms with Crippen molar-refractivity contribution < 1.29 is 9.59 Å². The Labute approximate surface area is 71.9 Å². The minimum Gasteiger partial charge on any atom is -0.356 e. The van der Waals surface area contributed by atoms with E-state index < -0.39 is 0 Å². The Kier molecular flexibility index (Phi) is 2.68. The van der Waals surface area contributed by atoms with Gasteiger partial charge in [-0.25, -0.2) is 0 Å². The maximum Gasteiger partial charge on any atom is 0.226 e. The van der Waals surface area contributed by atoms with Gasteiger partial charge in [0.2, 0.25) is 11.8 Å². The molecule has 1 heterocycles. The van der Waals surface area contributed by atoms with E-state index >= 15 is 0 Å². The fourth-order valence-electron chi connectivity index (χ4n) is 1.22. The van der Waals surface area contributed by atoms with Crippen molar-refractivity contribution in [3.8, 4) is 0 Å². The molecule has 4 heteroatoms. The summed E-state index contributed by atoms with van der Waals surface area (Å²) in [6.07, 6.45) is 0. The first kappa shape index (κ1) is 9.03. The highest BCUT2D eigenvalue weighted by molar-refractivity contribution is 5.83. The Hall–Kier alpha value is -1.06. The quantitative estimate of drug-likeness (QED) is 0.613. The molecule has 12 heavy (non-hydrogen) atoms. The molecule has 1 rings (SSSR count). The van der Waals surface area contributed by atoms with Crippen LogP contribution in [0.5, 0.6) is 0 Å². The van der Waals surface area contributed by atoms with Gasteiger partial charge in [0.15, 0.2) is 0 Å². The first-order valence-corrected chi connectivity index (χ1v) is 4.18. The van der Waals surface area contributed by atoms with Crippen LogP contribution in [0.25, 0.3) is 0 Å². The zero-order chi connectivity index (χ0) is 9.14. The molecule has 68 valence electrons. The molecular formula is C8H14N2O2. The number of amides is 2. The molecule has 1 N–H and O–H groups in total. The number of hydrogen-bond donors (Lipinski definition) is 1. The second-order valence-corrected chi connectivity index (χ2v) is 3.02. The monoisotopic (exact) mass is 170 g/mol. The predicted octanol–water partition coefficient (Wildman–Crippen LogP) is -0.399. The maximum absolute atomic E-state index is 11.1. The third-order valence-corrected chi connectivity index (χ3v) is 2.05. The van der Waals surface area contributed by atoms with Crippen LogP contribution in [0.3, 0.4) is 0 Å². The molecule has 0 radical (unpaired) electrons. The lowest BCUT2D eigenvalue weighted by Crippen LogP contribution is -2.55. The molecule has 0 spiro atoms. The van der Waals surface area contributed by atoms with Crippen LogP contribution >= 0.6 is 0 Å². The highest BCUT2D eigenvalue weighted by Crippen LogP contribution is 2.14. The number of rotatable bonds is 2. The number of nitrogens with zero attached hydrogens (tertiary/aromatic N) is 1. The summed E-state index contributed by atoms with van der Waals surface area (Å²) in [7, 11) is 0. The van der Waals surface area contributed by atoms with Gasteiger partial charge in [0.25, 0.3) is 0 Å². The summed E-state index contributed by atoms with van der Waals surface area (Å²) in [5, 5.41) is 2.73. The summed E-state index contributed by atoms with van der Waals surface area (Å²) in [4.78, 5) is 23.6. The van der Waals surface area contributed by atoms with Crippen molar-refractivity contribution in [2.45, 2.75) is 13.8 Å². The molecule has 1 fully saturated rings. The van der Waals surface area contributed by atoms with Crippen LogP contribution in [0.2, 0.25) is 0 Å². The van der Waals surface area contributed by atoms with Gasteiger partial charge < -0.3 is 10.2 Å². The summed E-state index contributed by atoms with van der Waals surface area (Å²) in [6.45, 7) is 5.24. The second kappa shape index (κ2) is 3.56. The van der Waals surface area contributed by atoms with E-state index in [-0.39, 0.29) is 17.7 Å². The number of nitrogens with one attached hydrogen (secondary N) is 1. The number of carbonyl (C=O) groups is 2. The van der Waals surface area contributed by atoms with Crippen molar-refractivity contribution in [3.63, 3.8) is 0 Å². The lowest BCUT2D eigenvalue weighted by molar-refractivity contribution is -0.141. The van der Waals surface area contributed by atoms with Crippen LogP contribution in [0, 0.1) is 5.92 Å². The molecule has 4 nitrogen and oxygen atoms in total. The summed E-state index contributed by atoms with van der Waals surface area (Å²) >= 11 is 0. The third-order valence-electron chi connectivity index (χ3n) is 2.05. The van der Waals surface area contributed by atoms with Crippen molar-refractivity contribution in [3.05, 3.63) is 0 Å². The Balaban J connectivity index is 2.25. The predicted molar refractivity (Wildman–Crippen MR) is 44.4 cm³/mol. The van der Waals surface area contributed by atoms with Gasteiger partial charge in [-0.2, -0.15) is 0 Å². The van der Waals surface area contributed by atoms with Gasteiger partial charge in [-0.15, -0.1) is 0 Å². The highest BCUT2D eigenvalue weighted by atomic mass is 16.2.